The van der Waals surface area contributed by atoms with Gasteiger partial charge < -0.3 is 28.5 Å². The summed E-state index contributed by atoms with van der Waals surface area (Å²) in [6.45, 7) is 4.38. The summed E-state index contributed by atoms with van der Waals surface area (Å²) < 4.78 is 18.4. The van der Waals surface area contributed by atoms with E-state index in [0.717, 1.165) is 25.4 Å². The summed E-state index contributed by atoms with van der Waals surface area (Å²) in [5.74, 6) is 0.763. The van der Waals surface area contributed by atoms with E-state index >= 15 is 0 Å². The van der Waals surface area contributed by atoms with Crippen molar-refractivity contribution in [1.29, 1.82) is 0 Å². The van der Waals surface area contributed by atoms with Gasteiger partial charge in [-0.2, -0.15) is 0 Å². The van der Waals surface area contributed by atoms with Crippen molar-refractivity contribution in [2.75, 3.05) is 33.4 Å². The number of ether oxygens (including phenoxy) is 2. The van der Waals surface area contributed by atoms with Crippen LogP contribution >= 0.6 is 0 Å². The maximum absolute atomic E-state index is 10.5. The first-order chi connectivity index (χ1) is 14.2. The Kier molecular flexibility index (Phi) is 8.52. The number of nitrogens with one attached hydrogen (secondary N) is 1. The Balaban J connectivity index is 1.53. The monoisotopic (exact) mass is 399 g/mol. The largest absolute Gasteiger partial charge is 0.467 e. The number of hydrogen-bond acceptors (Lipinski definition) is 4. The maximum Gasteiger partial charge on any atom is 0.129 e. The summed E-state index contributed by atoms with van der Waals surface area (Å²) in [5.41, 5.74) is 2.51. The molecule has 0 amide bonds. The number of furan rings is 1. The molecule has 2 aromatic heterocycles. The Hall–Kier alpha value is -2.38. The van der Waals surface area contributed by atoms with E-state index in [1.165, 1.54) is 16.2 Å². The molecular formula is C23H31N2O4+. The Labute approximate surface area is 172 Å². The minimum absolute atomic E-state index is 0.280. The number of benzene rings is 1. The third-order valence-electron chi connectivity index (χ3n) is 4.87. The van der Waals surface area contributed by atoms with E-state index < -0.39 is 6.10 Å². The van der Waals surface area contributed by atoms with Crippen LogP contribution in [-0.4, -0.2) is 49.2 Å². The molecule has 0 spiro atoms. The number of quaternary nitrogens is 1. The first-order valence-corrected chi connectivity index (χ1v) is 10.0. The molecular weight excluding hydrogens is 368 g/mol. The molecule has 1 unspecified atom stereocenters. The molecule has 0 bridgehead atoms. The molecule has 0 saturated heterocycles. The van der Waals surface area contributed by atoms with Gasteiger partial charge in [0.25, 0.3) is 0 Å². The molecule has 0 saturated carbocycles. The molecule has 6 heteroatoms. The summed E-state index contributed by atoms with van der Waals surface area (Å²) in [5, 5.41) is 10.5. The topological polar surface area (TPSA) is 61.2 Å². The summed E-state index contributed by atoms with van der Waals surface area (Å²) in [4.78, 5) is 1.26. The average molecular weight is 400 g/mol. The van der Waals surface area contributed by atoms with Crippen molar-refractivity contribution in [1.82, 2.24) is 4.57 Å². The highest BCUT2D eigenvalue weighted by Gasteiger charge is 2.18. The van der Waals surface area contributed by atoms with Crippen LogP contribution in [0.25, 0.3) is 0 Å². The van der Waals surface area contributed by atoms with Crippen LogP contribution in [0.2, 0.25) is 0 Å². The van der Waals surface area contributed by atoms with Gasteiger partial charge >= 0.3 is 0 Å². The second-order valence-corrected chi connectivity index (χ2v) is 7.24. The fraction of sp³-hybridized carbons (Fsp3) is 0.391. The Morgan fingerprint density at radius 1 is 1.10 bits per heavy atom. The number of aliphatic hydroxyl groups is 1. The molecule has 2 heterocycles. The van der Waals surface area contributed by atoms with Crippen LogP contribution in [0.3, 0.4) is 0 Å². The maximum atomic E-state index is 10.5. The standard InChI is InChI=1S/C23H30N2O4/c1-27-14-12-24(17-22(26)18-28-19-23-10-6-13-29-23)16-21-9-5-11-25(21)15-20-7-3-2-4-8-20/h2-11,13,22,26H,12,14-19H2,1H3/p+1/t22-/m1/s1. The summed E-state index contributed by atoms with van der Waals surface area (Å²) in [6, 6.07) is 18.4. The summed E-state index contributed by atoms with van der Waals surface area (Å²) in [6.07, 6.45) is 3.18. The second-order valence-electron chi connectivity index (χ2n) is 7.24. The van der Waals surface area contributed by atoms with E-state index in [9.17, 15) is 5.11 Å². The van der Waals surface area contributed by atoms with Gasteiger partial charge in [0.05, 0.1) is 25.2 Å². The van der Waals surface area contributed by atoms with Crippen molar-refractivity contribution in [2.45, 2.75) is 25.8 Å². The normalized spacial score (nSPS) is 13.4. The number of aromatic nitrogens is 1. The lowest BCUT2D eigenvalue weighted by molar-refractivity contribution is -0.917. The van der Waals surface area contributed by atoms with Gasteiger partial charge in [0.1, 0.15) is 38.1 Å². The molecule has 6 nitrogen and oxygen atoms in total. The van der Waals surface area contributed by atoms with Crippen LogP contribution in [0.1, 0.15) is 17.0 Å². The highest BCUT2D eigenvalue weighted by atomic mass is 16.5. The van der Waals surface area contributed by atoms with Crippen LogP contribution in [-0.2, 0) is 29.2 Å². The minimum atomic E-state index is -0.547. The quantitative estimate of drug-likeness (QED) is 0.460. The fourth-order valence-electron chi connectivity index (χ4n) is 3.39. The lowest BCUT2D eigenvalue weighted by Gasteiger charge is -2.23. The zero-order valence-electron chi connectivity index (χ0n) is 17.0. The SMILES string of the molecule is COCC[NH+](Cc1cccn1Cc1ccccc1)C[C@@H](O)COCc1ccco1. The molecule has 156 valence electrons. The van der Waals surface area contributed by atoms with Crippen molar-refractivity contribution < 1.29 is 23.9 Å². The highest BCUT2D eigenvalue weighted by molar-refractivity contribution is 5.17. The van der Waals surface area contributed by atoms with Gasteiger partial charge in [-0.1, -0.05) is 30.3 Å². The zero-order chi connectivity index (χ0) is 20.3. The minimum Gasteiger partial charge on any atom is -0.467 e. The van der Waals surface area contributed by atoms with Gasteiger partial charge in [0, 0.05) is 19.9 Å². The third-order valence-corrected chi connectivity index (χ3v) is 4.87. The van der Waals surface area contributed by atoms with E-state index in [-0.39, 0.29) is 6.61 Å². The number of methoxy groups -OCH3 is 1. The first-order valence-electron chi connectivity index (χ1n) is 10.0. The molecule has 2 atom stereocenters. The number of rotatable bonds is 13. The van der Waals surface area contributed by atoms with E-state index in [0.29, 0.717) is 19.8 Å². The second kappa shape index (κ2) is 11.6. The van der Waals surface area contributed by atoms with Gasteiger partial charge in [-0.25, -0.2) is 0 Å². The Bertz CT molecular complexity index is 801. The zero-order valence-corrected chi connectivity index (χ0v) is 17.0. The molecule has 0 aliphatic rings. The van der Waals surface area contributed by atoms with Crippen LogP contribution in [0, 0.1) is 0 Å². The molecule has 0 aliphatic heterocycles. The number of aliphatic hydroxyl groups excluding tert-OH is 1. The summed E-state index contributed by atoms with van der Waals surface area (Å²) >= 11 is 0. The van der Waals surface area contributed by atoms with Gasteiger partial charge in [-0.15, -0.1) is 0 Å². The van der Waals surface area contributed by atoms with E-state index in [1.807, 2.05) is 18.2 Å². The van der Waals surface area contributed by atoms with Crippen molar-refractivity contribution in [2.24, 2.45) is 0 Å². The predicted octanol–water partition coefficient (Wildman–Crippen LogP) is 1.74. The molecule has 0 aliphatic carbocycles. The van der Waals surface area contributed by atoms with Crippen molar-refractivity contribution in [3.63, 3.8) is 0 Å². The van der Waals surface area contributed by atoms with Crippen LogP contribution in [0.15, 0.2) is 71.5 Å². The predicted molar refractivity (Wildman–Crippen MR) is 111 cm³/mol. The molecule has 0 radical (unpaired) electrons. The van der Waals surface area contributed by atoms with Gasteiger partial charge in [0.15, 0.2) is 0 Å². The number of nitrogens with zero attached hydrogens (tertiary/aromatic N) is 1. The van der Waals surface area contributed by atoms with Crippen molar-refractivity contribution in [3.8, 4) is 0 Å². The Morgan fingerprint density at radius 2 is 1.97 bits per heavy atom. The molecule has 3 rings (SSSR count). The van der Waals surface area contributed by atoms with E-state index in [4.69, 9.17) is 13.9 Å². The van der Waals surface area contributed by atoms with Gasteiger partial charge in [0.2, 0.25) is 0 Å². The molecule has 1 aromatic carbocycles. The smallest absolute Gasteiger partial charge is 0.129 e. The molecule has 0 fully saturated rings. The fourth-order valence-corrected chi connectivity index (χ4v) is 3.39. The molecule has 3 aromatic rings. The third kappa shape index (κ3) is 7.18. The Morgan fingerprint density at radius 3 is 2.72 bits per heavy atom. The van der Waals surface area contributed by atoms with Gasteiger partial charge in [-0.05, 0) is 29.8 Å². The van der Waals surface area contributed by atoms with Crippen LogP contribution in [0.4, 0.5) is 0 Å². The van der Waals surface area contributed by atoms with E-state index in [1.54, 1.807) is 13.4 Å². The highest BCUT2D eigenvalue weighted by Crippen LogP contribution is 2.07. The lowest BCUT2D eigenvalue weighted by atomic mass is 10.2. The number of hydrogen-bond donors (Lipinski definition) is 2. The average Bonchev–Trinajstić information content (AvgIpc) is 3.39. The van der Waals surface area contributed by atoms with Crippen molar-refractivity contribution in [3.05, 3.63) is 84.1 Å². The van der Waals surface area contributed by atoms with Crippen molar-refractivity contribution >= 4 is 0 Å². The molecule has 2 N–H and O–H groups in total. The van der Waals surface area contributed by atoms with Crippen LogP contribution < -0.4 is 4.90 Å². The first kappa shape index (κ1) is 21.3. The van der Waals surface area contributed by atoms with Crippen LogP contribution in [0.5, 0.6) is 0 Å². The molecule has 29 heavy (non-hydrogen) atoms. The van der Waals surface area contributed by atoms with E-state index in [2.05, 4.69) is 47.2 Å². The lowest BCUT2D eigenvalue weighted by Crippen LogP contribution is -3.12. The van der Waals surface area contributed by atoms with Gasteiger partial charge in [-0.3, -0.25) is 0 Å². The summed E-state index contributed by atoms with van der Waals surface area (Å²) in [7, 11) is 1.71.